The van der Waals surface area contributed by atoms with E-state index in [1.165, 1.54) is 0 Å². The average molecular weight is 347 g/mol. The minimum atomic E-state index is -0.535. The lowest BCUT2D eigenvalue weighted by Gasteiger charge is -2.40. The first-order chi connectivity index (χ1) is 12.0. The Balaban J connectivity index is 1.95. The highest BCUT2D eigenvalue weighted by Gasteiger charge is 2.34. The van der Waals surface area contributed by atoms with Crippen molar-refractivity contribution in [2.75, 3.05) is 6.54 Å². The Morgan fingerprint density at radius 3 is 2.60 bits per heavy atom. The molecule has 0 heterocycles. The molecular weight excluding hydrogens is 318 g/mol. The number of carbonyl (C=O) groups is 2. The van der Waals surface area contributed by atoms with Crippen molar-refractivity contribution in [3.63, 3.8) is 0 Å². The number of nitrogens with one attached hydrogen (secondary N) is 1. The summed E-state index contributed by atoms with van der Waals surface area (Å²) in [5.41, 5.74) is 6.72. The Morgan fingerprint density at radius 1 is 1.28 bits per heavy atom. The highest BCUT2D eigenvalue weighted by Crippen LogP contribution is 2.24. The van der Waals surface area contributed by atoms with Gasteiger partial charge in [0.1, 0.15) is 6.61 Å². The molecule has 1 aromatic rings. The van der Waals surface area contributed by atoms with Crippen LogP contribution in [0.25, 0.3) is 0 Å². The molecule has 1 fully saturated rings. The van der Waals surface area contributed by atoms with Crippen LogP contribution in [0.3, 0.4) is 0 Å². The fourth-order valence-electron chi connectivity index (χ4n) is 3.38. The third-order valence-electron chi connectivity index (χ3n) is 4.66. The van der Waals surface area contributed by atoms with Crippen LogP contribution >= 0.6 is 0 Å². The van der Waals surface area contributed by atoms with Crippen LogP contribution in [-0.2, 0) is 16.1 Å². The van der Waals surface area contributed by atoms with Crippen LogP contribution in [0.4, 0.5) is 4.79 Å². The number of hydrogen-bond donors (Lipinski definition) is 2. The molecule has 1 aromatic carbocycles. The number of benzene rings is 1. The van der Waals surface area contributed by atoms with Gasteiger partial charge >= 0.3 is 6.09 Å². The summed E-state index contributed by atoms with van der Waals surface area (Å²) in [6, 6.07) is 8.91. The number of nitrogens with two attached hydrogens (primary N) is 1. The van der Waals surface area contributed by atoms with Crippen LogP contribution in [0.5, 0.6) is 0 Å². The Labute approximate surface area is 149 Å². The normalized spacial score (nSPS) is 21.2. The lowest BCUT2D eigenvalue weighted by Crippen LogP contribution is -2.57. The molecule has 2 rings (SSSR count). The summed E-state index contributed by atoms with van der Waals surface area (Å²) >= 11 is 0. The number of nitrogens with zero attached hydrogens (tertiary/aromatic N) is 1. The third-order valence-corrected chi connectivity index (χ3v) is 4.66. The molecule has 0 bridgehead atoms. The predicted octanol–water partition coefficient (Wildman–Crippen LogP) is 2.42. The second kappa shape index (κ2) is 9.42. The van der Waals surface area contributed by atoms with E-state index in [9.17, 15) is 9.59 Å². The number of ether oxygens (including phenoxy) is 1. The van der Waals surface area contributed by atoms with Crippen LogP contribution in [0, 0.1) is 0 Å². The van der Waals surface area contributed by atoms with E-state index in [1.807, 2.05) is 37.3 Å². The molecular formula is C19H29N3O3. The van der Waals surface area contributed by atoms with Crippen molar-refractivity contribution in [2.45, 2.75) is 64.3 Å². The van der Waals surface area contributed by atoms with Gasteiger partial charge < -0.3 is 20.7 Å². The van der Waals surface area contributed by atoms with Crippen LogP contribution < -0.4 is 11.1 Å². The molecule has 0 saturated heterocycles. The third kappa shape index (κ3) is 5.46. The lowest BCUT2D eigenvalue weighted by atomic mass is 9.89. The van der Waals surface area contributed by atoms with E-state index in [4.69, 9.17) is 10.5 Å². The summed E-state index contributed by atoms with van der Waals surface area (Å²) in [5.74, 6) is -0.0705. The standard InChI is InChI=1S/C19H29N3O3/c1-3-22(18(23)14(2)20)17-12-8-7-11-16(17)21-19(24)25-13-15-9-5-4-6-10-15/h4-6,9-10,14,16-17H,3,7-8,11-13,20H2,1-2H3,(H,21,24)/t14-,16-,17+/m0/s1. The first kappa shape index (κ1) is 19.2. The van der Waals surface area contributed by atoms with Crippen LogP contribution in [0.1, 0.15) is 45.1 Å². The van der Waals surface area contributed by atoms with Crippen LogP contribution in [0.2, 0.25) is 0 Å². The van der Waals surface area contributed by atoms with E-state index in [2.05, 4.69) is 5.32 Å². The first-order valence-electron chi connectivity index (χ1n) is 9.06. The molecule has 1 aliphatic carbocycles. The summed E-state index contributed by atoms with van der Waals surface area (Å²) in [7, 11) is 0. The van der Waals surface area contributed by atoms with Gasteiger partial charge in [0.25, 0.3) is 0 Å². The fourth-order valence-corrected chi connectivity index (χ4v) is 3.38. The summed E-state index contributed by atoms with van der Waals surface area (Å²) in [6.07, 6.45) is 3.35. The monoisotopic (exact) mass is 347 g/mol. The highest BCUT2D eigenvalue weighted by molar-refractivity contribution is 5.81. The lowest BCUT2D eigenvalue weighted by molar-refractivity contribution is -0.135. The van der Waals surface area contributed by atoms with E-state index in [0.29, 0.717) is 6.54 Å². The van der Waals surface area contributed by atoms with Crippen molar-refractivity contribution in [3.05, 3.63) is 35.9 Å². The fraction of sp³-hybridized carbons (Fsp3) is 0.579. The van der Waals surface area contributed by atoms with E-state index < -0.39 is 12.1 Å². The zero-order chi connectivity index (χ0) is 18.2. The Bertz CT molecular complexity index is 562. The van der Waals surface area contributed by atoms with Gasteiger partial charge in [-0.2, -0.15) is 0 Å². The molecule has 138 valence electrons. The summed E-state index contributed by atoms with van der Waals surface area (Å²) in [5, 5.41) is 2.95. The molecule has 6 heteroatoms. The van der Waals surface area contributed by atoms with Gasteiger partial charge in [0.05, 0.1) is 18.1 Å². The molecule has 0 spiro atoms. The van der Waals surface area contributed by atoms with Crippen molar-refractivity contribution < 1.29 is 14.3 Å². The van der Waals surface area contributed by atoms with Crippen molar-refractivity contribution >= 4 is 12.0 Å². The quantitative estimate of drug-likeness (QED) is 0.828. The summed E-state index contributed by atoms with van der Waals surface area (Å²) in [4.78, 5) is 26.4. The maximum atomic E-state index is 12.4. The second-order valence-electron chi connectivity index (χ2n) is 6.58. The molecule has 3 N–H and O–H groups in total. The van der Waals surface area contributed by atoms with Gasteiger partial charge in [-0.25, -0.2) is 4.79 Å². The van der Waals surface area contributed by atoms with Gasteiger partial charge in [0.15, 0.2) is 0 Å². The van der Waals surface area contributed by atoms with Gasteiger partial charge in [-0.3, -0.25) is 4.79 Å². The topological polar surface area (TPSA) is 84.7 Å². The number of amides is 2. The van der Waals surface area contributed by atoms with Gasteiger partial charge in [-0.05, 0) is 32.3 Å². The minimum Gasteiger partial charge on any atom is -0.445 e. The molecule has 25 heavy (non-hydrogen) atoms. The molecule has 1 aliphatic rings. The number of likely N-dealkylation sites (N-methyl/N-ethyl adjacent to an activating group) is 1. The molecule has 3 atom stereocenters. The molecule has 0 unspecified atom stereocenters. The van der Waals surface area contributed by atoms with E-state index in [1.54, 1.807) is 11.8 Å². The number of rotatable bonds is 6. The average Bonchev–Trinajstić information content (AvgIpc) is 2.62. The van der Waals surface area contributed by atoms with Crippen molar-refractivity contribution in [2.24, 2.45) is 5.73 Å². The maximum absolute atomic E-state index is 12.4. The summed E-state index contributed by atoms with van der Waals surface area (Å²) < 4.78 is 5.32. The first-order valence-corrected chi connectivity index (χ1v) is 9.06. The zero-order valence-corrected chi connectivity index (χ0v) is 15.1. The Kier molecular flexibility index (Phi) is 7.25. The molecule has 6 nitrogen and oxygen atoms in total. The second-order valence-corrected chi connectivity index (χ2v) is 6.58. The zero-order valence-electron chi connectivity index (χ0n) is 15.1. The molecule has 0 aliphatic heterocycles. The smallest absolute Gasteiger partial charge is 0.407 e. The highest BCUT2D eigenvalue weighted by atomic mass is 16.5. The number of hydrogen-bond acceptors (Lipinski definition) is 4. The molecule has 0 radical (unpaired) electrons. The van der Waals surface area contributed by atoms with E-state index in [0.717, 1.165) is 31.2 Å². The molecule has 1 saturated carbocycles. The SMILES string of the molecule is CCN(C(=O)[C@H](C)N)[C@@H]1CCCC[C@@H]1NC(=O)OCc1ccccc1. The van der Waals surface area contributed by atoms with Crippen molar-refractivity contribution in [3.8, 4) is 0 Å². The predicted molar refractivity (Wildman–Crippen MR) is 96.8 cm³/mol. The van der Waals surface area contributed by atoms with Gasteiger partial charge in [-0.15, -0.1) is 0 Å². The molecule has 2 amide bonds. The largest absolute Gasteiger partial charge is 0.445 e. The van der Waals surface area contributed by atoms with Gasteiger partial charge in [0, 0.05) is 6.54 Å². The minimum absolute atomic E-state index is 0.0264. The number of carbonyl (C=O) groups excluding carboxylic acids is 2. The van der Waals surface area contributed by atoms with Gasteiger partial charge in [-0.1, -0.05) is 43.2 Å². The Morgan fingerprint density at radius 2 is 1.96 bits per heavy atom. The van der Waals surface area contributed by atoms with Crippen molar-refractivity contribution in [1.82, 2.24) is 10.2 Å². The Hall–Kier alpha value is -2.08. The van der Waals surface area contributed by atoms with Crippen molar-refractivity contribution in [1.29, 1.82) is 0 Å². The van der Waals surface area contributed by atoms with Crippen LogP contribution in [-0.4, -0.2) is 41.6 Å². The van der Waals surface area contributed by atoms with Gasteiger partial charge in [0.2, 0.25) is 5.91 Å². The summed E-state index contributed by atoms with van der Waals surface area (Å²) in [6.45, 7) is 4.46. The van der Waals surface area contributed by atoms with E-state index >= 15 is 0 Å². The van der Waals surface area contributed by atoms with Crippen LogP contribution in [0.15, 0.2) is 30.3 Å². The maximum Gasteiger partial charge on any atom is 0.407 e. The van der Waals surface area contributed by atoms with E-state index in [-0.39, 0.29) is 24.6 Å². The number of alkyl carbamates (subject to hydrolysis) is 1. The molecule has 0 aromatic heterocycles.